The Hall–Kier alpha value is -1.88. The van der Waals surface area contributed by atoms with Gasteiger partial charge in [-0.15, -0.1) is 0 Å². The minimum atomic E-state index is -1.06. The van der Waals surface area contributed by atoms with Crippen molar-refractivity contribution in [3.63, 3.8) is 0 Å². The Balaban J connectivity index is 2.74. The van der Waals surface area contributed by atoms with Crippen molar-refractivity contribution >= 4 is 17.6 Å². The van der Waals surface area contributed by atoms with E-state index in [1.54, 1.807) is 18.2 Å². The lowest BCUT2D eigenvalue weighted by Gasteiger charge is -2.10. The smallest absolute Gasteiger partial charge is 0.337 e. The quantitative estimate of drug-likeness (QED) is 0.718. The lowest BCUT2D eigenvalue weighted by atomic mass is 10.1. The van der Waals surface area contributed by atoms with Crippen molar-refractivity contribution in [2.75, 3.05) is 11.9 Å². The van der Waals surface area contributed by atoms with Gasteiger partial charge in [0.2, 0.25) is 5.91 Å². The van der Waals surface area contributed by atoms with Crippen molar-refractivity contribution in [1.29, 1.82) is 0 Å². The molecule has 0 heterocycles. The SMILES string of the molecule is CC(CN)CC(=O)Nc1ccccc1C(=O)O. The molecule has 0 radical (unpaired) electrons. The van der Waals surface area contributed by atoms with Crippen molar-refractivity contribution in [2.24, 2.45) is 11.7 Å². The summed E-state index contributed by atoms with van der Waals surface area (Å²) in [6.07, 6.45) is 0.282. The number of hydrogen-bond acceptors (Lipinski definition) is 3. The molecule has 5 nitrogen and oxygen atoms in total. The first kappa shape index (κ1) is 13.2. The minimum absolute atomic E-state index is 0.0759. The molecule has 1 aromatic carbocycles. The Morgan fingerprint density at radius 2 is 2.06 bits per heavy atom. The fourth-order valence-electron chi connectivity index (χ4n) is 1.38. The van der Waals surface area contributed by atoms with Crippen molar-refractivity contribution in [1.82, 2.24) is 0 Å². The van der Waals surface area contributed by atoms with Crippen LogP contribution in [0.4, 0.5) is 5.69 Å². The summed E-state index contributed by atoms with van der Waals surface area (Å²) >= 11 is 0. The van der Waals surface area contributed by atoms with Gasteiger partial charge in [-0.1, -0.05) is 19.1 Å². The third-order valence-corrected chi connectivity index (χ3v) is 2.37. The van der Waals surface area contributed by atoms with Crippen molar-refractivity contribution in [3.05, 3.63) is 29.8 Å². The Kier molecular flexibility index (Phi) is 4.66. The van der Waals surface area contributed by atoms with Crippen LogP contribution in [-0.4, -0.2) is 23.5 Å². The average molecular weight is 236 g/mol. The number of anilines is 1. The summed E-state index contributed by atoms with van der Waals surface area (Å²) in [7, 11) is 0. The minimum Gasteiger partial charge on any atom is -0.478 e. The van der Waals surface area contributed by atoms with E-state index in [9.17, 15) is 9.59 Å². The summed E-state index contributed by atoms with van der Waals surface area (Å²) in [6, 6.07) is 6.30. The molecule has 1 aromatic rings. The molecule has 1 amide bonds. The first-order valence-electron chi connectivity index (χ1n) is 5.36. The molecule has 0 aromatic heterocycles. The first-order chi connectivity index (χ1) is 8.04. The molecule has 0 aliphatic rings. The number of rotatable bonds is 5. The van der Waals surface area contributed by atoms with E-state index in [1.165, 1.54) is 6.07 Å². The second kappa shape index (κ2) is 6.00. The Bertz CT molecular complexity index is 418. The van der Waals surface area contributed by atoms with E-state index >= 15 is 0 Å². The van der Waals surface area contributed by atoms with Crippen LogP contribution in [0.1, 0.15) is 23.7 Å². The fraction of sp³-hybridized carbons (Fsp3) is 0.333. The number of amides is 1. The molecule has 0 aliphatic heterocycles. The molecule has 1 atom stereocenters. The van der Waals surface area contributed by atoms with E-state index in [4.69, 9.17) is 10.8 Å². The van der Waals surface area contributed by atoms with Gasteiger partial charge in [0.15, 0.2) is 0 Å². The molecule has 0 saturated heterocycles. The van der Waals surface area contributed by atoms with Crippen LogP contribution in [0.5, 0.6) is 0 Å². The van der Waals surface area contributed by atoms with Gasteiger partial charge in [-0.05, 0) is 24.6 Å². The highest BCUT2D eigenvalue weighted by Crippen LogP contribution is 2.15. The number of benzene rings is 1. The van der Waals surface area contributed by atoms with Crippen LogP contribution in [0, 0.1) is 5.92 Å². The van der Waals surface area contributed by atoms with Crippen LogP contribution in [-0.2, 0) is 4.79 Å². The lowest BCUT2D eigenvalue weighted by Crippen LogP contribution is -2.21. The molecule has 1 unspecified atom stereocenters. The fourth-order valence-corrected chi connectivity index (χ4v) is 1.38. The van der Waals surface area contributed by atoms with E-state index in [1.807, 2.05) is 6.92 Å². The van der Waals surface area contributed by atoms with Crippen LogP contribution in [0.2, 0.25) is 0 Å². The highest BCUT2D eigenvalue weighted by molar-refractivity contribution is 6.00. The van der Waals surface area contributed by atoms with Gasteiger partial charge in [0.05, 0.1) is 11.3 Å². The summed E-state index contributed by atoms with van der Waals surface area (Å²) in [5.74, 6) is -1.21. The summed E-state index contributed by atoms with van der Waals surface area (Å²) in [5.41, 5.74) is 5.82. The number of carboxylic acid groups (broad SMARTS) is 1. The van der Waals surface area contributed by atoms with Crippen molar-refractivity contribution in [3.8, 4) is 0 Å². The van der Waals surface area contributed by atoms with Gasteiger partial charge in [-0.25, -0.2) is 4.79 Å². The van der Waals surface area contributed by atoms with Crippen LogP contribution in [0.15, 0.2) is 24.3 Å². The zero-order valence-corrected chi connectivity index (χ0v) is 9.64. The Morgan fingerprint density at radius 1 is 1.41 bits per heavy atom. The molecule has 0 spiro atoms. The maximum atomic E-state index is 11.6. The second-order valence-electron chi connectivity index (χ2n) is 3.94. The maximum Gasteiger partial charge on any atom is 0.337 e. The highest BCUT2D eigenvalue weighted by atomic mass is 16.4. The predicted octanol–water partition coefficient (Wildman–Crippen LogP) is 1.31. The third kappa shape index (κ3) is 3.88. The number of nitrogens with one attached hydrogen (secondary N) is 1. The molecule has 0 saturated carbocycles. The molecule has 0 fully saturated rings. The number of carboxylic acids is 1. The van der Waals surface area contributed by atoms with Crippen molar-refractivity contribution < 1.29 is 14.7 Å². The summed E-state index contributed by atoms with van der Waals surface area (Å²) in [4.78, 5) is 22.5. The molecular formula is C12H16N2O3. The van der Waals surface area contributed by atoms with Gasteiger partial charge >= 0.3 is 5.97 Å². The van der Waals surface area contributed by atoms with Gasteiger partial charge in [0.25, 0.3) is 0 Å². The molecule has 1 rings (SSSR count). The normalized spacial score (nSPS) is 11.9. The van der Waals surface area contributed by atoms with Crippen molar-refractivity contribution in [2.45, 2.75) is 13.3 Å². The van der Waals surface area contributed by atoms with Crippen LogP contribution in [0.25, 0.3) is 0 Å². The zero-order valence-electron chi connectivity index (χ0n) is 9.64. The monoisotopic (exact) mass is 236 g/mol. The van der Waals surface area contributed by atoms with E-state index in [-0.39, 0.29) is 23.8 Å². The molecule has 17 heavy (non-hydrogen) atoms. The topological polar surface area (TPSA) is 92.4 Å². The summed E-state index contributed by atoms with van der Waals surface area (Å²) in [6.45, 7) is 2.29. The number of carbonyl (C=O) groups excluding carboxylic acids is 1. The third-order valence-electron chi connectivity index (χ3n) is 2.37. The van der Waals surface area contributed by atoms with Gasteiger partial charge in [0, 0.05) is 6.42 Å². The molecule has 0 aliphatic carbocycles. The van der Waals surface area contributed by atoms with E-state index in [0.29, 0.717) is 12.2 Å². The predicted molar refractivity (Wildman–Crippen MR) is 64.9 cm³/mol. The summed E-state index contributed by atoms with van der Waals surface area (Å²) in [5, 5.41) is 11.5. The zero-order chi connectivity index (χ0) is 12.8. The molecule has 92 valence electrons. The second-order valence-corrected chi connectivity index (χ2v) is 3.94. The first-order valence-corrected chi connectivity index (χ1v) is 5.36. The summed E-state index contributed by atoms with van der Waals surface area (Å²) < 4.78 is 0. The maximum absolute atomic E-state index is 11.6. The Labute approximate surface area is 99.6 Å². The number of nitrogens with two attached hydrogens (primary N) is 1. The van der Waals surface area contributed by atoms with Crippen LogP contribution >= 0.6 is 0 Å². The van der Waals surface area contributed by atoms with Gasteiger partial charge < -0.3 is 16.2 Å². The largest absolute Gasteiger partial charge is 0.478 e. The van der Waals surface area contributed by atoms with E-state index in [0.717, 1.165) is 0 Å². The van der Waals surface area contributed by atoms with Gasteiger partial charge in [0.1, 0.15) is 0 Å². The van der Waals surface area contributed by atoms with Gasteiger partial charge in [-0.3, -0.25) is 4.79 Å². The average Bonchev–Trinajstić information content (AvgIpc) is 2.29. The van der Waals surface area contributed by atoms with E-state index in [2.05, 4.69) is 5.32 Å². The number of carbonyl (C=O) groups is 2. The Morgan fingerprint density at radius 3 is 2.65 bits per heavy atom. The molecule has 4 N–H and O–H groups in total. The number of aromatic carboxylic acids is 1. The van der Waals surface area contributed by atoms with Crippen LogP contribution < -0.4 is 11.1 Å². The van der Waals surface area contributed by atoms with Gasteiger partial charge in [-0.2, -0.15) is 0 Å². The number of hydrogen-bond donors (Lipinski definition) is 3. The number of para-hydroxylation sites is 1. The molecule has 0 bridgehead atoms. The standard InChI is InChI=1S/C12H16N2O3/c1-8(7-13)6-11(15)14-10-5-3-2-4-9(10)12(16)17/h2-5,8H,6-7,13H2,1H3,(H,14,15)(H,16,17). The lowest BCUT2D eigenvalue weighted by molar-refractivity contribution is -0.116. The van der Waals surface area contributed by atoms with E-state index < -0.39 is 5.97 Å². The molecular weight excluding hydrogens is 220 g/mol. The highest BCUT2D eigenvalue weighted by Gasteiger charge is 2.13. The molecule has 5 heteroatoms. The van der Waals surface area contributed by atoms with Crippen LogP contribution in [0.3, 0.4) is 0 Å².